The maximum Gasteiger partial charge on any atom is 0.308 e. The summed E-state index contributed by atoms with van der Waals surface area (Å²) in [6.07, 6.45) is 6.68. The molecule has 0 amide bonds. The molecule has 1 rings (SSSR count). The third-order valence-electron chi connectivity index (χ3n) is 2.77. The predicted octanol–water partition coefficient (Wildman–Crippen LogP) is 4.44. The highest BCUT2D eigenvalue weighted by atomic mass is 79.9. The van der Waals surface area contributed by atoms with Gasteiger partial charge in [0.05, 0.1) is 13.0 Å². The summed E-state index contributed by atoms with van der Waals surface area (Å²) in [5, 5.41) is 0. The molecule has 0 bridgehead atoms. The first-order chi connectivity index (χ1) is 8.67. The van der Waals surface area contributed by atoms with Gasteiger partial charge in [-0.15, -0.1) is 0 Å². The van der Waals surface area contributed by atoms with Crippen LogP contribution in [0.25, 0.3) is 6.08 Å². The zero-order valence-corrected chi connectivity index (χ0v) is 12.4. The van der Waals surface area contributed by atoms with Gasteiger partial charge >= 0.3 is 5.97 Å². The molecule has 0 heterocycles. The van der Waals surface area contributed by atoms with Crippen molar-refractivity contribution in [3.63, 3.8) is 0 Å². The maximum absolute atomic E-state index is 11.5. The van der Waals surface area contributed by atoms with Crippen molar-refractivity contribution in [3.05, 3.63) is 40.4 Å². The van der Waals surface area contributed by atoms with Gasteiger partial charge in [-0.05, 0) is 30.5 Å². The first-order valence-electron chi connectivity index (χ1n) is 6.17. The Hall–Kier alpha value is -1.09. The Kier molecular flexibility index (Phi) is 6.73. The SMILES string of the molecule is CCCC(C/C=C/c1ccc(Br)cc1)C(=O)OC. The third kappa shape index (κ3) is 5.05. The van der Waals surface area contributed by atoms with E-state index >= 15 is 0 Å². The predicted molar refractivity (Wildman–Crippen MR) is 78.2 cm³/mol. The summed E-state index contributed by atoms with van der Waals surface area (Å²) in [5.74, 6) is -0.135. The van der Waals surface area contributed by atoms with Crippen LogP contribution in [0.15, 0.2) is 34.8 Å². The molecule has 98 valence electrons. The summed E-state index contributed by atoms with van der Waals surface area (Å²) in [7, 11) is 1.45. The van der Waals surface area contributed by atoms with Gasteiger partial charge in [0.1, 0.15) is 0 Å². The van der Waals surface area contributed by atoms with Gasteiger partial charge in [0.15, 0.2) is 0 Å². The highest BCUT2D eigenvalue weighted by Gasteiger charge is 2.15. The van der Waals surface area contributed by atoms with Crippen LogP contribution in [0.4, 0.5) is 0 Å². The van der Waals surface area contributed by atoms with Gasteiger partial charge in [-0.1, -0.05) is 53.6 Å². The van der Waals surface area contributed by atoms with Crippen molar-refractivity contribution in [2.75, 3.05) is 7.11 Å². The molecule has 1 atom stereocenters. The molecule has 3 heteroatoms. The van der Waals surface area contributed by atoms with Crippen LogP contribution in [0.1, 0.15) is 31.7 Å². The van der Waals surface area contributed by atoms with Crippen molar-refractivity contribution in [2.45, 2.75) is 26.2 Å². The molecule has 0 N–H and O–H groups in total. The number of carbonyl (C=O) groups excluding carboxylic acids is 1. The Morgan fingerprint density at radius 3 is 2.61 bits per heavy atom. The molecule has 0 spiro atoms. The number of rotatable bonds is 6. The molecule has 1 aromatic rings. The fourth-order valence-electron chi connectivity index (χ4n) is 1.79. The quantitative estimate of drug-likeness (QED) is 0.726. The standard InChI is InChI=1S/C15H19BrO2/c1-3-5-13(15(17)18-2)7-4-6-12-8-10-14(16)11-9-12/h4,6,8-11,13H,3,5,7H2,1-2H3/b6-4+. The molecule has 0 fully saturated rings. The number of esters is 1. The van der Waals surface area contributed by atoms with Gasteiger partial charge in [0.2, 0.25) is 0 Å². The van der Waals surface area contributed by atoms with E-state index in [0.717, 1.165) is 29.3 Å². The Morgan fingerprint density at radius 2 is 2.06 bits per heavy atom. The lowest BCUT2D eigenvalue weighted by molar-refractivity contribution is -0.145. The lowest BCUT2D eigenvalue weighted by Gasteiger charge is -2.10. The van der Waals surface area contributed by atoms with Crippen LogP contribution < -0.4 is 0 Å². The fraction of sp³-hybridized carbons (Fsp3) is 0.400. The molecule has 0 saturated carbocycles. The molecule has 0 aromatic heterocycles. The molecule has 0 aliphatic heterocycles. The molecule has 0 aliphatic rings. The van der Waals surface area contributed by atoms with Crippen molar-refractivity contribution >= 4 is 28.0 Å². The van der Waals surface area contributed by atoms with Gasteiger partial charge in [-0.3, -0.25) is 4.79 Å². The Labute approximate surface area is 117 Å². The van der Waals surface area contributed by atoms with Gasteiger partial charge in [0, 0.05) is 4.47 Å². The van der Waals surface area contributed by atoms with E-state index in [0.29, 0.717) is 0 Å². The van der Waals surface area contributed by atoms with E-state index in [1.165, 1.54) is 7.11 Å². The number of halogens is 1. The van der Waals surface area contributed by atoms with E-state index in [1.54, 1.807) is 0 Å². The van der Waals surface area contributed by atoms with Gasteiger partial charge in [-0.2, -0.15) is 0 Å². The second kappa shape index (κ2) is 8.09. The highest BCUT2D eigenvalue weighted by molar-refractivity contribution is 9.10. The average molecular weight is 311 g/mol. The van der Waals surface area contributed by atoms with Crippen LogP contribution in [-0.4, -0.2) is 13.1 Å². The van der Waals surface area contributed by atoms with Crippen LogP contribution in [0, 0.1) is 5.92 Å². The number of carbonyl (C=O) groups is 1. The zero-order valence-electron chi connectivity index (χ0n) is 10.9. The van der Waals surface area contributed by atoms with E-state index < -0.39 is 0 Å². The van der Waals surface area contributed by atoms with Gasteiger partial charge in [0.25, 0.3) is 0 Å². The molecule has 0 radical (unpaired) electrons. The van der Waals surface area contributed by atoms with E-state index in [2.05, 4.69) is 22.9 Å². The Balaban J connectivity index is 2.55. The molecular weight excluding hydrogens is 292 g/mol. The molecule has 1 aromatic carbocycles. The molecule has 2 nitrogen and oxygen atoms in total. The minimum Gasteiger partial charge on any atom is -0.469 e. The fourth-order valence-corrected chi connectivity index (χ4v) is 2.05. The molecule has 1 unspecified atom stereocenters. The smallest absolute Gasteiger partial charge is 0.308 e. The van der Waals surface area contributed by atoms with Gasteiger partial charge in [-0.25, -0.2) is 0 Å². The molecular formula is C15H19BrO2. The van der Waals surface area contributed by atoms with E-state index in [4.69, 9.17) is 4.74 Å². The van der Waals surface area contributed by atoms with Crippen LogP contribution in [0.5, 0.6) is 0 Å². The van der Waals surface area contributed by atoms with Crippen molar-refractivity contribution in [3.8, 4) is 0 Å². The largest absolute Gasteiger partial charge is 0.469 e. The van der Waals surface area contributed by atoms with Crippen molar-refractivity contribution in [1.29, 1.82) is 0 Å². The number of hydrogen-bond acceptors (Lipinski definition) is 2. The number of allylic oxidation sites excluding steroid dienone is 1. The van der Waals surface area contributed by atoms with Crippen molar-refractivity contribution in [2.24, 2.45) is 5.92 Å². The van der Waals surface area contributed by atoms with Crippen LogP contribution in [-0.2, 0) is 9.53 Å². The zero-order chi connectivity index (χ0) is 13.4. The number of hydrogen-bond donors (Lipinski definition) is 0. The van der Waals surface area contributed by atoms with Gasteiger partial charge < -0.3 is 4.74 Å². The monoisotopic (exact) mass is 310 g/mol. The number of ether oxygens (including phenoxy) is 1. The summed E-state index contributed by atoms with van der Waals surface area (Å²) in [6.45, 7) is 2.08. The number of benzene rings is 1. The van der Waals surface area contributed by atoms with Crippen molar-refractivity contribution in [1.82, 2.24) is 0 Å². The summed E-state index contributed by atoms with van der Waals surface area (Å²) in [5.41, 5.74) is 1.14. The molecule has 0 aliphatic carbocycles. The molecule has 18 heavy (non-hydrogen) atoms. The Bertz CT molecular complexity index is 395. The lowest BCUT2D eigenvalue weighted by Crippen LogP contribution is -2.15. The minimum absolute atomic E-state index is 0.0216. The van der Waals surface area contributed by atoms with E-state index in [9.17, 15) is 4.79 Å². The third-order valence-corrected chi connectivity index (χ3v) is 3.30. The maximum atomic E-state index is 11.5. The van der Waals surface area contributed by atoms with Crippen LogP contribution in [0.2, 0.25) is 0 Å². The van der Waals surface area contributed by atoms with E-state index in [-0.39, 0.29) is 11.9 Å². The highest BCUT2D eigenvalue weighted by Crippen LogP contribution is 2.16. The second-order valence-corrected chi connectivity index (χ2v) is 5.11. The van der Waals surface area contributed by atoms with E-state index in [1.807, 2.05) is 36.4 Å². The first kappa shape index (κ1) is 15.0. The topological polar surface area (TPSA) is 26.3 Å². The number of methoxy groups -OCH3 is 1. The lowest BCUT2D eigenvalue weighted by atomic mass is 9.99. The summed E-state index contributed by atoms with van der Waals surface area (Å²) < 4.78 is 5.87. The first-order valence-corrected chi connectivity index (χ1v) is 6.96. The van der Waals surface area contributed by atoms with Crippen LogP contribution >= 0.6 is 15.9 Å². The van der Waals surface area contributed by atoms with Crippen molar-refractivity contribution < 1.29 is 9.53 Å². The van der Waals surface area contributed by atoms with Crippen LogP contribution in [0.3, 0.4) is 0 Å². The summed E-state index contributed by atoms with van der Waals surface area (Å²) in [6, 6.07) is 8.08. The average Bonchev–Trinajstić information content (AvgIpc) is 2.39. The minimum atomic E-state index is -0.114. The summed E-state index contributed by atoms with van der Waals surface area (Å²) >= 11 is 3.40. The molecule has 0 saturated heterocycles. The normalized spacial score (nSPS) is 12.6. The summed E-state index contributed by atoms with van der Waals surface area (Å²) in [4.78, 5) is 11.5. The Morgan fingerprint density at radius 1 is 1.39 bits per heavy atom. The second-order valence-electron chi connectivity index (χ2n) is 4.20.